The van der Waals surface area contributed by atoms with Gasteiger partial charge in [-0.15, -0.1) is 0 Å². The van der Waals surface area contributed by atoms with Crippen molar-refractivity contribution >= 4 is 5.97 Å². The first-order valence-corrected chi connectivity index (χ1v) is 10.5. The van der Waals surface area contributed by atoms with Crippen molar-refractivity contribution in [1.82, 2.24) is 0 Å². The molecule has 0 N–H and O–H groups in total. The molecule has 0 aliphatic carbocycles. The third-order valence-corrected chi connectivity index (χ3v) is 7.02. The van der Waals surface area contributed by atoms with E-state index in [4.69, 9.17) is 4.74 Å². The van der Waals surface area contributed by atoms with Crippen LogP contribution >= 0.6 is 0 Å². The van der Waals surface area contributed by atoms with Gasteiger partial charge in [0.2, 0.25) is 0 Å². The zero-order valence-electron chi connectivity index (χ0n) is 21.0. The molecule has 0 amide bonds. The fourth-order valence-electron chi connectivity index (χ4n) is 3.71. The Labute approximate surface area is 209 Å². The van der Waals surface area contributed by atoms with Crippen LogP contribution in [0.2, 0.25) is 0 Å². The van der Waals surface area contributed by atoms with E-state index in [2.05, 4.69) is 74.0 Å². The Morgan fingerprint density at radius 1 is 0.800 bits per heavy atom. The minimum atomic E-state index is -0.282. The van der Waals surface area contributed by atoms with Gasteiger partial charge < -0.3 is 9.47 Å². The standard InChI is InChI=1S/2C10H15.C6H10O3.Y/c2*1-6-7(2)9(4)10(5)8(6)3;1-8-6(7)5-3-2-4-9-5;/h2*1-5H3;5H,2-4H2,1H3;/q2*-1;;. The van der Waals surface area contributed by atoms with E-state index in [0.29, 0.717) is 6.61 Å². The van der Waals surface area contributed by atoms with E-state index in [1.165, 1.54) is 62.7 Å². The topological polar surface area (TPSA) is 35.5 Å². The molecular weight excluding hydrogens is 449 g/mol. The van der Waals surface area contributed by atoms with Crippen molar-refractivity contribution in [2.45, 2.75) is 88.2 Å². The smallest absolute Gasteiger partial charge is 0.334 e. The van der Waals surface area contributed by atoms with Crippen molar-refractivity contribution < 1.29 is 47.0 Å². The minimum absolute atomic E-state index is 0. The van der Waals surface area contributed by atoms with Gasteiger partial charge >= 0.3 is 5.97 Å². The summed E-state index contributed by atoms with van der Waals surface area (Å²) in [6, 6.07) is 0. The summed E-state index contributed by atoms with van der Waals surface area (Å²) in [5, 5.41) is 0. The van der Waals surface area contributed by atoms with Crippen LogP contribution in [0, 0.1) is 69.2 Å². The number of rotatable bonds is 1. The van der Waals surface area contributed by atoms with Gasteiger partial charge in [0, 0.05) is 39.3 Å². The van der Waals surface area contributed by atoms with E-state index >= 15 is 0 Å². The summed E-state index contributed by atoms with van der Waals surface area (Å²) in [5.74, 6) is -0.243. The van der Waals surface area contributed by atoms with Gasteiger partial charge in [0.25, 0.3) is 0 Å². The summed E-state index contributed by atoms with van der Waals surface area (Å²) >= 11 is 0. The second-order valence-electron chi connectivity index (χ2n) is 8.27. The van der Waals surface area contributed by atoms with Crippen LogP contribution in [-0.2, 0) is 47.0 Å². The molecule has 3 nitrogen and oxygen atoms in total. The SMILES string of the molecule is COC(=O)C1CCCO1.Cc1c(C)c(C)[c-](C)c1C.Cc1c(C)c(C)[c-](C)c1C.[Y]. The first-order chi connectivity index (χ1) is 13.4. The quantitative estimate of drug-likeness (QED) is 0.352. The third-order valence-electron chi connectivity index (χ3n) is 7.02. The Morgan fingerprint density at radius 3 is 1.30 bits per heavy atom. The molecule has 1 radical (unpaired) electrons. The summed E-state index contributed by atoms with van der Waals surface area (Å²) in [6.45, 7) is 22.7. The van der Waals surface area contributed by atoms with E-state index in [0.717, 1.165) is 12.8 Å². The third kappa shape index (κ3) is 6.87. The van der Waals surface area contributed by atoms with Crippen LogP contribution in [0.1, 0.15) is 68.5 Å². The van der Waals surface area contributed by atoms with Gasteiger partial charge in [-0.3, -0.25) is 0 Å². The molecule has 0 aromatic heterocycles. The molecule has 1 aliphatic heterocycles. The van der Waals surface area contributed by atoms with Crippen molar-refractivity contribution in [3.63, 3.8) is 0 Å². The molecule has 1 atom stereocenters. The molecule has 167 valence electrons. The predicted octanol–water partition coefficient (Wildman–Crippen LogP) is 6.23. The Bertz CT molecular complexity index is 617. The molecule has 30 heavy (non-hydrogen) atoms. The summed E-state index contributed by atoms with van der Waals surface area (Å²) in [5.41, 5.74) is 14.7. The van der Waals surface area contributed by atoms with Gasteiger partial charge in [-0.25, -0.2) is 4.79 Å². The molecule has 1 saturated heterocycles. The van der Waals surface area contributed by atoms with Crippen molar-refractivity contribution in [3.8, 4) is 0 Å². The molecule has 2 aromatic rings. The normalized spacial score (nSPS) is 14.8. The van der Waals surface area contributed by atoms with Gasteiger partial charge in [-0.05, 0) is 12.8 Å². The Hall–Kier alpha value is -0.766. The second-order valence-corrected chi connectivity index (χ2v) is 8.27. The Kier molecular flexibility index (Phi) is 12.6. The summed E-state index contributed by atoms with van der Waals surface area (Å²) in [6.07, 6.45) is 1.50. The van der Waals surface area contributed by atoms with Crippen LogP contribution in [0.5, 0.6) is 0 Å². The van der Waals surface area contributed by atoms with Gasteiger partial charge in [0.15, 0.2) is 6.10 Å². The summed E-state index contributed by atoms with van der Waals surface area (Å²) < 4.78 is 9.50. The average Bonchev–Trinajstić information content (AvgIpc) is 3.37. The molecule has 0 bridgehead atoms. The van der Waals surface area contributed by atoms with Crippen molar-refractivity contribution in [2.24, 2.45) is 0 Å². The monoisotopic (exact) mass is 489 g/mol. The number of esters is 1. The van der Waals surface area contributed by atoms with E-state index < -0.39 is 0 Å². The van der Waals surface area contributed by atoms with Crippen molar-refractivity contribution in [2.75, 3.05) is 13.7 Å². The van der Waals surface area contributed by atoms with Crippen molar-refractivity contribution in [1.29, 1.82) is 0 Å². The molecule has 2 aromatic carbocycles. The van der Waals surface area contributed by atoms with E-state index in [9.17, 15) is 4.79 Å². The van der Waals surface area contributed by atoms with Gasteiger partial charge in [-0.2, -0.15) is 55.6 Å². The Balaban J connectivity index is 0.000000414. The van der Waals surface area contributed by atoms with Gasteiger partial charge in [-0.1, -0.05) is 69.2 Å². The van der Waals surface area contributed by atoms with E-state index in [1.807, 2.05) is 0 Å². The molecule has 1 unspecified atom stereocenters. The molecule has 1 fully saturated rings. The fourth-order valence-corrected chi connectivity index (χ4v) is 3.71. The number of hydrogen-bond donors (Lipinski definition) is 0. The zero-order chi connectivity index (χ0) is 22.5. The first kappa shape index (κ1) is 29.2. The maximum absolute atomic E-state index is 10.7. The van der Waals surface area contributed by atoms with Gasteiger partial charge in [0.1, 0.15) is 0 Å². The van der Waals surface area contributed by atoms with E-state index in [1.54, 1.807) is 0 Å². The van der Waals surface area contributed by atoms with Crippen molar-refractivity contribution in [3.05, 3.63) is 55.6 Å². The van der Waals surface area contributed by atoms with Crippen LogP contribution < -0.4 is 0 Å². The second kappa shape index (κ2) is 12.9. The largest absolute Gasteiger partial charge is 0.467 e. The van der Waals surface area contributed by atoms with Gasteiger partial charge in [0.05, 0.1) is 7.11 Å². The van der Waals surface area contributed by atoms with Crippen LogP contribution in [0.25, 0.3) is 0 Å². The van der Waals surface area contributed by atoms with Crippen LogP contribution in [-0.4, -0.2) is 25.8 Å². The molecular formula is C26H40O3Y-2. The maximum atomic E-state index is 10.7. The number of carbonyl (C=O) groups excluding carboxylic acids is 1. The molecule has 0 saturated carbocycles. The molecule has 1 heterocycles. The minimum Gasteiger partial charge on any atom is -0.467 e. The molecule has 1 aliphatic rings. The van der Waals surface area contributed by atoms with Crippen LogP contribution in [0.4, 0.5) is 0 Å². The average molecular weight is 490 g/mol. The molecule has 4 heteroatoms. The number of carbonyl (C=O) groups is 1. The number of ether oxygens (including phenoxy) is 2. The first-order valence-electron chi connectivity index (χ1n) is 10.5. The van der Waals surface area contributed by atoms with Crippen LogP contribution in [0.3, 0.4) is 0 Å². The molecule has 0 spiro atoms. The zero-order valence-corrected chi connectivity index (χ0v) is 23.8. The maximum Gasteiger partial charge on any atom is 0.334 e. The fraction of sp³-hybridized carbons (Fsp3) is 0.577. The molecule has 3 rings (SSSR count). The predicted molar refractivity (Wildman–Crippen MR) is 122 cm³/mol. The van der Waals surface area contributed by atoms with Crippen LogP contribution in [0.15, 0.2) is 0 Å². The summed E-state index contributed by atoms with van der Waals surface area (Å²) in [4.78, 5) is 10.7. The summed E-state index contributed by atoms with van der Waals surface area (Å²) in [7, 11) is 1.38. The number of methoxy groups -OCH3 is 1. The Morgan fingerprint density at radius 2 is 1.13 bits per heavy atom. The number of hydrogen-bond acceptors (Lipinski definition) is 3. The van der Waals surface area contributed by atoms with E-state index in [-0.39, 0.29) is 44.8 Å².